The molecule has 0 aliphatic heterocycles. The number of aliphatic hydroxyl groups is 1. The molecular formula is C24H31NO. The third-order valence-electron chi connectivity index (χ3n) is 6.30. The van der Waals surface area contributed by atoms with Crippen molar-refractivity contribution in [2.75, 3.05) is 0 Å². The highest BCUT2D eigenvalue weighted by atomic mass is 16.3. The van der Waals surface area contributed by atoms with Crippen molar-refractivity contribution in [2.45, 2.75) is 63.8 Å². The van der Waals surface area contributed by atoms with Gasteiger partial charge >= 0.3 is 0 Å². The molecule has 2 aromatic rings. The van der Waals surface area contributed by atoms with Crippen LogP contribution in [0.3, 0.4) is 0 Å². The van der Waals surface area contributed by atoms with Crippen LogP contribution in [0, 0.1) is 11.8 Å². The highest BCUT2D eigenvalue weighted by molar-refractivity contribution is 5.17. The molecule has 0 amide bonds. The Morgan fingerprint density at radius 2 is 1.12 bits per heavy atom. The molecule has 2 aliphatic rings. The van der Waals surface area contributed by atoms with Crippen LogP contribution in [-0.2, 0) is 13.1 Å². The van der Waals surface area contributed by atoms with Crippen LogP contribution in [0.4, 0.5) is 0 Å². The lowest BCUT2D eigenvalue weighted by atomic mass is 9.80. The molecule has 2 aromatic carbocycles. The Bertz CT molecular complexity index is 618. The first-order valence-corrected chi connectivity index (χ1v) is 10.3. The third kappa shape index (κ3) is 4.55. The molecule has 2 aliphatic carbocycles. The van der Waals surface area contributed by atoms with Gasteiger partial charge in [-0.05, 0) is 61.5 Å². The van der Waals surface area contributed by atoms with Crippen LogP contribution in [0.2, 0.25) is 0 Å². The molecule has 0 spiro atoms. The fourth-order valence-electron chi connectivity index (χ4n) is 4.58. The SMILES string of the molecule is O[C@@H](C1CC1)[C@H]1CC[C@H](N(Cc2ccccc2)Cc2ccccc2)CC1. The van der Waals surface area contributed by atoms with Gasteiger partial charge in [-0.25, -0.2) is 0 Å². The summed E-state index contributed by atoms with van der Waals surface area (Å²) in [4.78, 5) is 2.66. The van der Waals surface area contributed by atoms with Gasteiger partial charge in [0.15, 0.2) is 0 Å². The summed E-state index contributed by atoms with van der Waals surface area (Å²) >= 11 is 0. The summed E-state index contributed by atoms with van der Waals surface area (Å²) in [6, 6.07) is 22.3. The largest absolute Gasteiger partial charge is 0.393 e. The normalized spacial score (nSPS) is 24.5. The van der Waals surface area contributed by atoms with Gasteiger partial charge in [0.05, 0.1) is 6.10 Å². The second-order valence-corrected chi connectivity index (χ2v) is 8.27. The zero-order chi connectivity index (χ0) is 17.8. The maximum absolute atomic E-state index is 10.5. The van der Waals surface area contributed by atoms with E-state index in [0.717, 1.165) is 13.1 Å². The van der Waals surface area contributed by atoms with Crippen LogP contribution in [0.1, 0.15) is 49.7 Å². The summed E-state index contributed by atoms with van der Waals surface area (Å²) < 4.78 is 0. The number of benzene rings is 2. The number of nitrogens with zero attached hydrogens (tertiary/aromatic N) is 1. The van der Waals surface area contributed by atoms with Crippen molar-refractivity contribution in [2.24, 2.45) is 11.8 Å². The van der Waals surface area contributed by atoms with Crippen molar-refractivity contribution in [1.82, 2.24) is 4.90 Å². The average Bonchev–Trinajstić information content (AvgIpc) is 3.54. The van der Waals surface area contributed by atoms with E-state index >= 15 is 0 Å². The van der Waals surface area contributed by atoms with E-state index in [1.165, 1.54) is 49.7 Å². The number of aliphatic hydroxyl groups excluding tert-OH is 1. The Hall–Kier alpha value is -1.64. The summed E-state index contributed by atoms with van der Waals surface area (Å²) in [5.41, 5.74) is 2.78. The average molecular weight is 350 g/mol. The van der Waals surface area contributed by atoms with Gasteiger partial charge in [0, 0.05) is 19.1 Å². The molecule has 2 heteroatoms. The lowest BCUT2D eigenvalue weighted by Gasteiger charge is -2.38. The van der Waals surface area contributed by atoms with E-state index < -0.39 is 0 Å². The first kappa shape index (κ1) is 17.8. The van der Waals surface area contributed by atoms with Crippen molar-refractivity contribution < 1.29 is 5.11 Å². The maximum Gasteiger partial charge on any atom is 0.0596 e. The maximum atomic E-state index is 10.5. The van der Waals surface area contributed by atoms with E-state index in [1.54, 1.807) is 0 Å². The van der Waals surface area contributed by atoms with Crippen LogP contribution < -0.4 is 0 Å². The Morgan fingerprint density at radius 3 is 1.54 bits per heavy atom. The summed E-state index contributed by atoms with van der Waals surface area (Å²) in [7, 11) is 0. The molecule has 4 rings (SSSR count). The van der Waals surface area contributed by atoms with Gasteiger partial charge in [-0.3, -0.25) is 4.90 Å². The molecule has 0 saturated heterocycles. The van der Waals surface area contributed by atoms with Crippen molar-refractivity contribution in [3.05, 3.63) is 71.8 Å². The zero-order valence-electron chi connectivity index (χ0n) is 15.6. The van der Waals surface area contributed by atoms with Crippen molar-refractivity contribution in [3.63, 3.8) is 0 Å². The molecule has 1 atom stereocenters. The van der Waals surface area contributed by atoms with Crippen LogP contribution in [0.5, 0.6) is 0 Å². The molecule has 26 heavy (non-hydrogen) atoms. The minimum absolute atomic E-state index is 0.0346. The highest BCUT2D eigenvalue weighted by Crippen LogP contribution is 2.41. The smallest absolute Gasteiger partial charge is 0.0596 e. The second-order valence-electron chi connectivity index (χ2n) is 8.27. The first-order chi connectivity index (χ1) is 12.8. The summed E-state index contributed by atoms with van der Waals surface area (Å²) in [6.45, 7) is 2.02. The lowest BCUT2D eigenvalue weighted by molar-refractivity contribution is 0.0385. The minimum Gasteiger partial charge on any atom is -0.393 e. The summed E-state index contributed by atoms with van der Waals surface area (Å²) in [5, 5.41) is 10.5. The molecule has 0 bridgehead atoms. The molecule has 2 nitrogen and oxygen atoms in total. The van der Waals surface area contributed by atoms with Gasteiger partial charge in [0.2, 0.25) is 0 Å². The van der Waals surface area contributed by atoms with Gasteiger partial charge in [0.25, 0.3) is 0 Å². The highest BCUT2D eigenvalue weighted by Gasteiger charge is 2.37. The molecule has 138 valence electrons. The molecule has 0 unspecified atom stereocenters. The number of hydrogen-bond donors (Lipinski definition) is 1. The topological polar surface area (TPSA) is 23.5 Å². The zero-order valence-corrected chi connectivity index (χ0v) is 15.6. The predicted octanol–water partition coefficient (Wildman–Crippen LogP) is 5.02. The van der Waals surface area contributed by atoms with E-state index in [4.69, 9.17) is 0 Å². The summed E-state index contributed by atoms with van der Waals surface area (Å²) in [5.74, 6) is 1.15. The van der Waals surface area contributed by atoms with E-state index in [2.05, 4.69) is 65.6 Å². The Kier molecular flexibility index (Phi) is 5.72. The number of hydrogen-bond acceptors (Lipinski definition) is 2. The van der Waals surface area contributed by atoms with E-state index in [-0.39, 0.29) is 6.10 Å². The van der Waals surface area contributed by atoms with Crippen LogP contribution in [-0.4, -0.2) is 22.2 Å². The van der Waals surface area contributed by atoms with Gasteiger partial charge in [-0.1, -0.05) is 60.7 Å². The van der Waals surface area contributed by atoms with E-state index in [1.807, 2.05) is 0 Å². The van der Waals surface area contributed by atoms with Crippen molar-refractivity contribution >= 4 is 0 Å². The van der Waals surface area contributed by atoms with E-state index in [0.29, 0.717) is 17.9 Å². The fourth-order valence-corrected chi connectivity index (χ4v) is 4.58. The van der Waals surface area contributed by atoms with Crippen LogP contribution in [0.25, 0.3) is 0 Å². The van der Waals surface area contributed by atoms with Gasteiger partial charge in [-0.2, -0.15) is 0 Å². The van der Waals surface area contributed by atoms with Gasteiger partial charge in [0.1, 0.15) is 0 Å². The molecule has 0 radical (unpaired) electrons. The Balaban J connectivity index is 1.42. The van der Waals surface area contributed by atoms with Crippen LogP contribution >= 0.6 is 0 Å². The number of rotatable bonds is 7. The summed E-state index contributed by atoms with van der Waals surface area (Å²) in [6.07, 6.45) is 7.25. The first-order valence-electron chi connectivity index (χ1n) is 10.3. The Morgan fingerprint density at radius 1 is 0.692 bits per heavy atom. The molecule has 0 heterocycles. The lowest BCUT2D eigenvalue weighted by Crippen LogP contribution is -2.39. The van der Waals surface area contributed by atoms with Gasteiger partial charge in [-0.15, -0.1) is 0 Å². The molecule has 2 fully saturated rings. The standard InChI is InChI=1S/C24H31NO/c26-24(21-11-12-21)22-13-15-23(16-14-22)25(17-19-7-3-1-4-8-19)18-20-9-5-2-6-10-20/h1-10,21-24,26H,11-18H2/t22-,23-,24-/m0/s1. The molecule has 2 saturated carbocycles. The Labute approximate surface area is 157 Å². The van der Waals surface area contributed by atoms with E-state index in [9.17, 15) is 5.11 Å². The van der Waals surface area contributed by atoms with Crippen molar-refractivity contribution in [1.29, 1.82) is 0 Å². The molecular weight excluding hydrogens is 318 g/mol. The third-order valence-corrected chi connectivity index (χ3v) is 6.30. The minimum atomic E-state index is -0.0346. The van der Waals surface area contributed by atoms with Crippen LogP contribution in [0.15, 0.2) is 60.7 Å². The quantitative estimate of drug-likeness (QED) is 0.759. The molecule has 1 N–H and O–H groups in total. The van der Waals surface area contributed by atoms with Gasteiger partial charge < -0.3 is 5.11 Å². The molecule has 0 aromatic heterocycles. The fraction of sp³-hybridized carbons (Fsp3) is 0.500. The second kappa shape index (κ2) is 8.37. The van der Waals surface area contributed by atoms with Crippen molar-refractivity contribution in [3.8, 4) is 0 Å². The predicted molar refractivity (Wildman–Crippen MR) is 107 cm³/mol. The monoisotopic (exact) mass is 349 g/mol.